The first-order chi connectivity index (χ1) is 9.65. The van der Waals surface area contributed by atoms with Crippen molar-refractivity contribution in [3.63, 3.8) is 0 Å². The van der Waals surface area contributed by atoms with Crippen molar-refractivity contribution in [1.82, 2.24) is 5.32 Å². The average Bonchev–Trinajstić information content (AvgIpc) is 2.47. The molecule has 0 atom stereocenters. The average molecular weight is 291 g/mol. The van der Waals surface area contributed by atoms with Crippen molar-refractivity contribution in [2.45, 2.75) is 33.1 Å². The number of nitrogens with zero attached hydrogens (tertiary/aromatic N) is 1. The van der Waals surface area contributed by atoms with Crippen molar-refractivity contribution in [3.8, 4) is 0 Å². The van der Waals surface area contributed by atoms with Gasteiger partial charge in [-0.1, -0.05) is 13.8 Å². The van der Waals surface area contributed by atoms with E-state index in [1.165, 1.54) is 38.0 Å². The van der Waals surface area contributed by atoms with Gasteiger partial charge in [0.1, 0.15) is 0 Å². The molecule has 0 aromatic heterocycles. The number of rotatable bonds is 4. The number of piperidine rings is 1. The second kappa shape index (κ2) is 7.48. The van der Waals surface area contributed by atoms with Crippen LogP contribution in [0.5, 0.6) is 0 Å². The molecule has 1 heterocycles. The minimum absolute atomic E-state index is 0.594. The van der Waals surface area contributed by atoms with Crippen LogP contribution in [0.3, 0.4) is 0 Å². The van der Waals surface area contributed by atoms with Gasteiger partial charge in [0.25, 0.3) is 0 Å². The molecule has 0 aliphatic carbocycles. The van der Waals surface area contributed by atoms with E-state index in [-0.39, 0.29) is 0 Å². The van der Waals surface area contributed by atoms with Gasteiger partial charge in [0.15, 0.2) is 5.11 Å². The van der Waals surface area contributed by atoms with Crippen LogP contribution in [0.15, 0.2) is 24.3 Å². The Morgan fingerprint density at radius 3 is 2.40 bits per heavy atom. The number of benzene rings is 1. The summed E-state index contributed by atoms with van der Waals surface area (Å²) in [5.74, 6) is 0.594. The van der Waals surface area contributed by atoms with Gasteiger partial charge in [-0.3, -0.25) is 0 Å². The van der Waals surface area contributed by atoms with Crippen LogP contribution in [-0.2, 0) is 0 Å². The SMILES string of the molecule is CC(C)CNC(=S)Nc1ccc(N2CCCCC2)cc1. The van der Waals surface area contributed by atoms with Gasteiger partial charge in [-0.2, -0.15) is 0 Å². The van der Waals surface area contributed by atoms with Crippen LogP contribution >= 0.6 is 12.2 Å². The van der Waals surface area contributed by atoms with E-state index in [0.717, 1.165) is 12.2 Å². The highest BCUT2D eigenvalue weighted by Crippen LogP contribution is 2.21. The fourth-order valence-corrected chi connectivity index (χ4v) is 2.58. The Kier molecular flexibility index (Phi) is 5.65. The van der Waals surface area contributed by atoms with Crippen molar-refractivity contribution in [2.24, 2.45) is 5.92 Å². The molecule has 1 aliphatic rings. The van der Waals surface area contributed by atoms with E-state index in [4.69, 9.17) is 12.2 Å². The third-order valence-electron chi connectivity index (χ3n) is 3.52. The maximum absolute atomic E-state index is 5.28. The van der Waals surface area contributed by atoms with Crippen LogP contribution in [0.2, 0.25) is 0 Å². The van der Waals surface area contributed by atoms with Gasteiger partial charge in [-0.25, -0.2) is 0 Å². The molecule has 0 saturated carbocycles. The lowest BCUT2D eigenvalue weighted by Crippen LogP contribution is -2.31. The molecule has 1 fully saturated rings. The molecule has 0 bridgehead atoms. The Hall–Kier alpha value is -1.29. The zero-order valence-electron chi connectivity index (χ0n) is 12.5. The number of hydrogen-bond acceptors (Lipinski definition) is 2. The van der Waals surface area contributed by atoms with Gasteiger partial charge in [-0.05, 0) is 61.7 Å². The molecule has 0 amide bonds. The second-order valence-electron chi connectivity index (χ2n) is 5.82. The van der Waals surface area contributed by atoms with E-state index in [2.05, 4.69) is 53.6 Å². The normalized spacial score (nSPS) is 15.2. The lowest BCUT2D eigenvalue weighted by molar-refractivity contribution is 0.578. The first-order valence-electron chi connectivity index (χ1n) is 7.55. The molecule has 2 rings (SSSR count). The van der Waals surface area contributed by atoms with Crippen LogP contribution in [0.25, 0.3) is 0 Å². The smallest absolute Gasteiger partial charge is 0.170 e. The quantitative estimate of drug-likeness (QED) is 0.829. The largest absolute Gasteiger partial charge is 0.372 e. The fourth-order valence-electron chi connectivity index (χ4n) is 2.38. The zero-order valence-corrected chi connectivity index (χ0v) is 13.3. The maximum Gasteiger partial charge on any atom is 0.170 e. The Labute approximate surface area is 127 Å². The first-order valence-corrected chi connectivity index (χ1v) is 7.96. The third kappa shape index (κ3) is 4.67. The molecule has 4 heteroatoms. The topological polar surface area (TPSA) is 27.3 Å². The standard InChI is InChI=1S/C16H25N3S/c1-13(2)12-17-16(20)18-14-6-8-15(9-7-14)19-10-4-3-5-11-19/h6-9,13H,3-5,10-12H2,1-2H3,(H2,17,18,20). The Morgan fingerprint density at radius 2 is 1.80 bits per heavy atom. The van der Waals surface area contributed by atoms with Crippen LogP contribution in [-0.4, -0.2) is 24.7 Å². The minimum Gasteiger partial charge on any atom is -0.372 e. The van der Waals surface area contributed by atoms with Gasteiger partial charge in [0.05, 0.1) is 0 Å². The minimum atomic E-state index is 0.594. The zero-order chi connectivity index (χ0) is 14.4. The summed E-state index contributed by atoms with van der Waals surface area (Å²) < 4.78 is 0. The molecule has 3 nitrogen and oxygen atoms in total. The monoisotopic (exact) mass is 291 g/mol. The van der Waals surface area contributed by atoms with Crippen molar-refractivity contribution >= 4 is 28.7 Å². The molecule has 0 unspecified atom stereocenters. The molecule has 0 radical (unpaired) electrons. The van der Waals surface area contributed by atoms with Crippen molar-refractivity contribution < 1.29 is 0 Å². The molecule has 1 aromatic carbocycles. The molecule has 1 saturated heterocycles. The molecule has 1 aromatic rings. The van der Waals surface area contributed by atoms with Crippen molar-refractivity contribution in [3.05, 3.63) is 24.3 Å². The van der Waals surface area contributed by atoms with E-state index in [1.807, 2.05) is 0 Å². The molecule has 20 heavy (non-hydrogen) atoms. The van der Waals surface area contributed by atoms with Crippen molar-refractivity contribution in [1.29, 1.82) is 0 Å². The summed E-state index contributed by atoms with van der Waals surface area (Å²) in [6, 6.07) is 8.57. The fraction of sp³-hybridized carbons (Fsp3) is 0.562. The van der Waals surface area contributed by atoms with Gasteiger partial charge in [-0.15, -0.1) is 0 Å². The Balaban J connectivity index is 1.86. The highest BCUT2D eigenvalue weighted by atomic mass is 32.1. The summed E-state index contributed by atoms with van der Waals surface area (Å²) in [6.45, 7) is 7.60. The maximum atomic E-state index is 5.28. The lowest BCUT2D eigenvalue weighted by Gasteiger charge is -2.28. The molecule has 110 valence electrons. The summed E-state index contributed by atoms with van der Waals surface area (Å²) in [6.07, 6.45) is 3.98. The summed E-state index contributed by atoms with van der Waals surface area (Å²) in [5, 5.41) is 7.15. The number of nitrogens with one attached hydrogen (secondary N) is 2. The molecule has 0 spiro atoms. The Morgan fingerprint density at radius 1 is 1.15 bits per heavy atom. The molecule has 1 aliphatic heterocycles. The highest BCUT2D eigenvalue weighted by Gasteiger charge is 2.10. The predicted octanol–water partition coefficient (Wildman–Crippen LogP) is 3.62. The van der Waals surface area contributed by atoms with Gasteiger partial charge in [0, 0.05) is 31.0 Å². The number of anilines is 2. The first kappa shape index (κ1) is 15.1. The number of hydrogen-bond donors (Lipinski definition) is 2. The second-order valence-corrected chi connectivity index (χ2v) is 6.23. The summed E-state index contributed by atoms with van der Waals surface area (Å²) in [4.78, 5) is 2.46. The summed E-state index contributed by atoms with van der Waals surface area (Å²) in [5.41, 5.74) is 2.36. The third-order valence-corrected chi connectivity index (χ3v) is 3.76. The van der Waals surface area contributed by atoms with Gasteiger partial charge in [0.2, 0.25) is 0 Å². The van der Waals surface area contributed by atoms with Crippen LogP contribution < -0.4 is 15.5 Å². The van der Waals surface area contributed by atoms with E-state index in [9.17, 15) is 0 Å². The molecule has 2 N–H and O–H groups in total. The van der Waals surface area contributed by atoms with E-state index >= 15 is 0 Å². The van der Waals surface area contributed by atoms with E-state index in [0.29, 0.717) is 11.0 Å². The van der Waals surface area contributed by atoms with Crippen molar-refractivity contribution in [2.75, 3.05) is 29.9 Å². The Bertz CT molecular complexity index is 422. The van der Waals surface area contributed by atoms with Gasteiger partial charge < -0.3 is 15.5 Å². The van der Waals surface area contributed by atoms with E-state index in [1.54, 1.807) is 0 Å². The van der Waals surface area contributed by atoms with E-state index < -0.39 is 0 Å². The summed E-state index contributed by atoms with van der Waals surface area (Å²) in [7, 11) is 0. The number of thiocarbonyl (C=S) groups is 1. The molecular weight excluding hydrogens is 266 g/mol. The molecular formula is C16H25N3S. The summed E-state index contributed by atoms with van der Waals surface area (Å²) >= 11 is 5.28. The van der Waals surface area contributed by atoms with Crippen LogP contribution in [0.4, 0.5) is 11.4 Å². The van der Waals surface area contributed by atoms with Crippen LogP contribution in [0.1, 0.15) is 33.1 Å². The lowest BCUT2D eigenvalue weighted by atomic mass is 10.1. The highest BCUT2D eigenvalue weighted by molar-refractivity contribution is 7.80. The predicted molar refractivity (Wildman–Crippen MR) is 91.6 cm³/mol. The van der Waals surface area contributed by atoms with Crippen LogP contribution in [0, 0.1) is 5.92 Å². The van der Waals surface area contributed by atoms with Gasteiger partial charge >= 0.3 is 0 Å².